The van der Waals surface area contributed by atoms with Gasteiger partial charge in [-0.05, 0) is 18.2 Å². The van der Waals surface area contributed by atoms with E-state index in [9.17, 15) is 18.0 Å². The average Bonchev–Trinajstić information content (AvgIpc) is 2.91. The van der Waals surface area contributed by atoms with E-state index in [1.54, 1.807) is 0 Å². The third kappa shape index (κ3) is 3.33. The van der Waals surface area contributed by atoms with Crippen molar-refractivity contribution in [2.45, 2.75) is 6.42 Å². The van der Waals surface area contributed by atoms with Crippen molar-refractivity contribution in [1.29, 1.82) is 0 Å². The number of amides is 1. The van der Waals surface area contributed by atoms with Crippen molar-refractivity contribution in [3.8, 4) is 10.9 Å². The van der Waals surface area contributed by atoms with Crippen LogP contribution in [0.25, 0.3) is 10.2 Å². The highest BCUT2D eigenvalue weighted by atomic mass is 32.1. The molecule has 0 atom stereocenters. The molecule has 0 saturated heterocycles. The van der Waals surface area contributed by atoms with Crippen LogP contribution in [0.5, 0.6) is 10.9 Å². The third-order valence-corrected chi connectivity index (χ3v) is 4.16. The lowest BCUT2D eigenvalue weighted by Gasteiger charge is -2.07. The topological polar surface area (TPSA) is 51.2 Å². The van der Waals surface area contributed by atoms with Crippen LogP contribution in [0.3, 0.4) is 0 Å². The highest BCUT2D eigenvalue weighted by Crippen LogP contribution is 2.32. The number of carbonyl (C=O) groups is 1. The summed E-state index contributed by atoms with van der Waals surface area (Å²) in [5.41, 5.74) is 0.182. The van der Waals surface area contributed by atoms with Gasteiger partial charge < -0.3 is 10.1 Å². The highest BCUT2D eigenvalue weighted by Gasteiger charge is 2.16. The minimum Gasteiger partial charge on any atom is -0.431 e. The highest BCUT2D eigenvalue weighted by molar-refractivity contribution is 7.20. The zero-order valence-corrected chi connectivity index (χ0v) is 13.2. The van der Waals surface area contributed by atoms with E-state index in [2.05, 4.69) is 10.3 Å². The van der Waals surface area contributed by atoms with Gasteiger partial charge in [-0.1, -0.05) is 11.3 Å². The number of carbonyl (C=O) groups excluding carboxylic acids is 1. The van der Waals surface area contributed by atoms with E-state index in [-0.39, 0.29) is 16.5 Å². The van der Waals surface area contributed by atoms with Crippen molar-refractivity contribution < 1.29 is 22.7 Å². The largest absolute Gasteiger partial charge is 0.431 e. The fourth-order valence-electron chi connectivity index (χ4n) is 2.08. The lowest BCUT2D eigenvalue weighted by Crippen LogP contribution is -2.21. The monoisotopic (exact) mass is 352 g/mol. The van der Waals surface area contributed by atoms with Crippen molar-refractivity contribution in [1.82, 2.24) is 10.3 Å². The molecular formula is C16H11F3N2O2S. The molecular weight excluding hydrogens is 341 g/mol. The van der Waals surface area contributed by atoms with Crippen molar-refractivity contribution in [2.75, 3.05) is 7.05 Å². The van der Waals surface area contributed by atoms with Crippen LogP contribution in [0, 0.1) is 17.5 Å². The van der Waals surface area contributed by atoms with Crippen LogP contribution in [-0.2, 0) is 11.2 Å². The molecule has 1 amide bonds. The Labute approximate surface area is 138 Å². The van der Waals surface area contributed by atoms with Gasteiger partial charge >= 0.3 is 0 Å². The molecule has 3 aromatic rings. The number of nitrogens with zero attached hydrogens (tertiary/aromatic N) is 1. The first-order chi connectivity index (χ1) is 11.5. The number of rotatable bonds is 4. The second kappa shape index (κ2) is 6.48. The van der Waals surface area contributed by atoms with Gasteiger partial charge in [-0.15, -0.1) is 0 Å². The molecule has 124 valence electrons. The maximum Gasteiger partial charge on any atom is 0.279 e. The van der Waals surface area contributed by atoms with Crippen molar-refractivity contribution >= 4 is 27.5 Å². The molecule has 0 aliphatic carbocycles. The SMILES string of the molecule is CNC(=O)Cc1c(F)cc(Oc2nc3ccc(F)cc3s2)cc1F. The van der Waals surface area contributed by atoms with Gasteiger partial charge in [0.25, 0.3) is 5.19 Å². The fourth-order valence-corrected chi connectivity index (χ4v) is 2.94. The molecule has 1 N–H and O–H groups in total. The first kappa shape index (κ1) is 16.3. The second-order valence-corrected chi connectivity index (χ2v) is 5.90. The van der Waals surface area contributed by atoms with Crippen LogP contribution in [-0.4, -0.2) is 17.9 Å². The molecule has 0 aliphatic rings. The molecule has 0 aliphatic heterocycles. The van der Waals surface area contributed by atoms with Gasteiger partial charge in [0.15, 0.2) is 0 Å². The van der Waals surface area contributed by atoms with Crippen LogP contribution in [0.4, 0.5) is 13.2 Å². The molecule has 0 spiro atoms. The van der Waals surface area contributed by atoms with Gasteiger partial charge in [-0.25, -0.2) is 18.2 Å². The number of aromatic nitrogens is 1. The fraction of sp³-hybridized carbons (Fsp3) is 0.125. The number of thiazole rings is 1. The van der Waals surface area contributed by atoms with E-state index in [1.165, 1.54) is 25.2 Å². The maximum atomic E-state index is 14.0. The molecule has 1 heterocycles. The lowest BCUT2D eigenvalue weighted by atomic mass is 10.1. The van der Waals surface area contributed by atoms with Crippen molar-refractivity contribution in [3.63, 3.8) is 0 Å². The van der Waals surface area contributed by atoms with E-state index >= 15 is 0 Å². The Kier molecular flexibility index (Phi) is 4.39. The number of hydrogen-bond donors (Lipinski definition) is 1. The minimum atomic E-state index is -0.888. The standard InChI is InChI=1S/C16H11F3N2O2S/c1-20-15(22)7-10-11(18)5-9(6-12(10)19)23-16-21-13-3-2-8(17)4-14(13)24-16/h2-6H,7H2,1H3,(H,20,22). The molecule has 1 aromatic heterocycles. The van der Waals surface area contributed by atoms with Gasteiger partial charge in [0.2, 0.25) is 5.91 Å². The Morgan fingerprint density at radius 3 is 2.58 bits per heavy atom. The molecule has 0 bridgehead atoms. The van der Waals surface area contributed by atoms with Crippen molar-refractivity contribution in [2.24, 2.45) is 0 Å². The summed E-state index contributed by atoms with van der Waals surface area (Å²) in [4.78, 5) is 15.4. The Balaban J connectivity index is 1.87. The van der Waals surface area contributed by atoms with Gasteiger partial charge in [-0.2, -0.15) is 0 Å². The number of hydrogen-bond acceptors (Lipinski definition) is 4. The molecule has 0 saturated carbocycles. The molecule has 4 nitrogen and oxygen atoms in total. The summed E-state index contributed by atoms with van der Waals surface area (Å²) < 4.78 is 47.1. The zero-order valence-electron chi connectivity index (χ0n) is 12.4. The van der Waals surface area contributed by atoms with Gasteiger partial charge in [0.1, 0.15) is 23.2 Å². The number of fused-ring (bicyclic) bond motifs is 1. The lowest BCUT2D eigenvalue weighted by molar-refractivity contribution is -0.120. The van der Waals surface area contributed by atoms with E-state index in [4.69, 9.17) is 4.74 Å². The normalized spacial score (nSPS) is 10.8. The molecule has 3 rings (SSSR count). The summed E-state index contributed by atoms with van der Waals surface area (Å²) in [6, 6.07) is 6.01. The van der Waals surface area contributed by atoms with E-state index in [1.807, 2.05) is 0 Å². The zero-order chi connectivity index (χ0) is 17.3. The van der Waals surface area contributed by atoms with E-state index in [0.717, 1.165) is 23.5 Å². The molecule has 8 heteroatoms. The van der Waals surface area contributed by atoms with E-state index < -0.39 is 29.8 Å². The van der Waals surface area contributed by atoms with Crippen LogP contribution < -0.4 is 10.1 Å². The average molecular weight is 352 g/mol. The predicted molar refractivity (Wildman–Crippen MR) is 83.8 cm³/mol. The summed E-state index contributed by atoms with van der Waals surface area (Å²) in [5.74, 6) is -2.78. The minimum absolute atomic E-state index is 0.0924. The number of nitrogens with one attached hydrogen (secondary N) is 1. The maximum absolute atomic E-state index is 14.0. The number of benzene rings is 2. The van der Waals surface area contributed by atoms with Crippen LogP contribution >= 0.6 is 11.3 Å². The predicted octanol–water partition coefficient (Wildman–Crippen LogP) is 3.79. The molecule has 0 unspecified atom stereocenters. The molecule has 0 fully saturated rings. The molecule has 0 radical (unpaired) electrons. The first-order valence-electron chi connectivity index (χ1n) is 6.88. The van der Waals surface area contributed by atoms with Gasteiger partial charge in [-0.3, -0.25) is 4.79 Å². The molecule has 24 heavy (non-hydrogen) atoms. The summed E-state index contributed by atoms with van der Waals surface area (Å²) in [7, 11) is 1.38. The summed E-state index contributed by atoms with van der Waals surface area (Å²) >= 11 is 1.05. The smallest absolute Gasteiger partial charge is 0.279 e. The quantitative estimate of drug-likeness (QED) is 0.777. The second-order valence-electron chi connectivity index (χ2n) is 4.91. The van der Waals surface area contributed by atoms with Crippen LogP contribution in [0.1, 0.15) is 5.56 Å². The van der Waals surface area contributed by atoms with Gasteiger partial charge in [0, 0.05) is 24.7 Å². The number of halogens is 3. The Morgan fingerprint density at radius 2 is 1.92 bits per heavy atom. The molecule has 2 aromatic carbocycles. The summed E-state index contributed by atoms with van der Waals surface area (Å²) in [6.07, 6.45) is -0.408. The van der Waals surface area contributed by atoms with Gasteiger partial charge in [0.05, 0.1) is 16.6 Å². The Hall–Kier alpha value is -2.61. The first-order valence-corrected chi connectivity index (χ1v) is 7.70. The van der Waals surface area contributed by atoms with E-state index in [0.29, 0.717) is 10.2 Å². The third-order valence-electron chi connectivity index (χ3n) is 3.27. The number of likely N-dealkylation sites (N-methyl/N-ethyl adjacent to an activating group) is 1. The summed E-state index contributed by atoms with van der Waals surface area (Å²) in [6.45, 7) is 0. The summed E-state index contributed by atoms with van der Waals surface area (Å²) in [5, 5.41) is 2.43. The Bertz CT molecular complexity index is 904. The number of ether oxygens (including phenoxy) is 1. The van der Waals surface area contributed by atoms with Crippen LogP contribution in [0.2, 0.25) is 0 Å². The van der Waals surface area contributed by atoms with Crippen molar-refractivity contribution in [3.05, 3.63) is 53.3 Å². The van der Waals surface area contributed by atoms with Crippen LogP contribution in [0.15, 0.2) is 30.3 Å². The Morgan fingerprint density at radius 1 is 1.21 bits per heavy atom.